The van der Waals surface area contributed by atoms with Crippen LogP contribution in [0.5, 0.6) is 0 Å². The maximum atomic E-state index is 12.7. The van der Waals surface area contributed by atoms with Crippen molar-refractivity contribution in [2.75, 3.05) is 5.32 Å². The molecule has 0 aliphatic carbocycles. The van der Waals surface area contributed by atoms with Gasteiger partial charge in [0, 0.05) is 16.7 Å². The van der Waals surface area contributed by atoms with Crippen molar-refractivity contribution in [2.24, 2.45) is 0 Å². The van der Waals surface area contributed by atoms with Gasteiger partial charge in [0.25, 0.3) is 11.8 Å². The van der Waals surface area contributed by atoms with Gasteiger partial charge in [-0.25, -0.2) is 0 Å². The number of benzene rings is 2. The van der Waals surface area contributed by atoms with Crippen LogP contribution in [-0.2, 0) is 4.79 Å². The average molecular weight is 401 g/mol. The summed E-state index contributed by atoms with van der Waals surface area (Å²) in [6.07, 6.45) is 2.90. The van der Waals surface area contributed by atoms with Gasteiger partial charge in [-0.3, -0.25) is 9.59 Å². The van der Waals surface area contributed by atoms with Crippen molar-refractivity contribution >= 4 is 46.8 Å². The molecule has 0 atom stereocenters. The Morgan fingerprint density at radius 2 is 1.67 bits per heavy atom. The molecule has 2 amide bonds. The molecule has 2 aromatic carbocycles. The summed E-state index contributed by atoms with van der Waals surface area (Å²) in [6, 6.07) is 16.5. The second-order valence-electron chi connectivity index (χ2n) is 5.47. The molecule has 0 saturated carbocycles. The molecule has 3 aromatic rings. The van der Waals surface area contributed by atoms with Crippen molar-refractivity contribution < 1.29 is 14.0 Å². The number of hydrogen-bond donors (Lipinski definition) is 2. The molecule has 0 spiro atoms. The zero-order chi connectivity index (χ0) is 19.2. The molecule has 0 bridgehead atoms. The Kier molecular flexibility index (Phi) is 5.96. The number of nitrogens with one attached hydrogen (secondary N) is 2. The van der Waals surface area contributed by atoms with Gasteiger partial charge in [-0.2, -0.15) is 0 Å². The molecular weight excluding hydrogens is 387 g/mol. The minimum atomic E-state index is -0.540. The minimum Gasteiger partial charge on any atom is -0.465 e. The second kappa shape index (κ2) is 8.58. The van der Waals surface area contributed by atoms with Crippen molar-refractivity contribution in [2.45, 2.75) is 0 Å². The van der Waals surface area contributed by atoms with Crippen LogP contribution in [0.25, 0.3) is 6.08 Å². The zero-order valence-electron chi connectivity index (χ0n) is 13.9. The molecule has 1 heterocycles. The van der Waals surface area contributed by atoms with Crippen LogP contribution in [0.4, 0.5) is 5.69 Å². The van der Waals surface area contributed by atoms with E-state index >= 15 is 0 Å². The summed E-state index contributed by atoms with van der Waals surface area (Å²) in [4.78, 5) is 25.2. The molecule has 1 aromatic heterocycles. The first-order valence-electron chi connectivity index (χ1n) is 7.91. The Balaban J connectivity index is 1.85. The van der Waals surface area contributed by atoms with E-state index in [9.17, 15) is 9.59 Å². The lowest BCUT2D eigenvalue weighted by atomic mass is 10.2. The molecule has 0 unspecified atom stereocenters. The van der Waals surface area contributed by atoms with E-state index in [0.29, 0.717) is 27.1 Å². The summed E-state index contributed by atoms with van der Waals surface area (Å²) in [6.45, 7) is 0. The van der Waals surface area contributed by atoms with Crippen LogP contribution < -0.4 is 10.6 Å². The van der Waals surface area contributed by atoms with E-state index in [4.69, 9.17) is 27.6 Å². The Morgan fingerprint density at radius 3 is 2.33 bits per heavy atom. The number of halogens is 2. The number of anilines is 1. The molecular formula is C20H14Cl2N2O3. The van der Waals surface area contributed by atoms with Gasteiger partial charge >= 0.3 is 0 Å². The van der Waals surface area contributed by atoms with Crippen molar-refractivity contribution in [1.82, 2.24) is 5.32 Å². The van der Waals surface area contributed by atoms with Crippen LogP contribution >= 0.6 is 23.2 Å². The van der Waals surface area contributed by atoms with Gasteiger partial charge in [-0.1, -0.05) is 35.3 Å². The summed E-state index contributed by atoms with van der Waals surface area (Å²) < 4.78 is 5.24. The third-order valence-electron chi connectivity index (χ3n) is 3.55. The topological polar surface area (TPSA) is 71.3 Å². The highest BCUT2D eigenvalue weighted by Crippen LogP contribution is 2.21. The van der Waals surface area contributed by atoms with E-state index in [1.165, 1.54) is 12.3 Å². The second-order valence-corrected chi connectivity index (χ2v) is 6.31. The van der Waals surface area contributed by atoms with Gasteiger partial charge in [0.2, 0.25) is 0 Å². The molecule has 0 aliphatic heterocycles. The van der Waals surface area contributed by atoms with Crippen LogP contribution in [0.15, 0.2) is 77.0 Å². The monoisotopic (exact) mass is 400 g/mol. The molecule has 136 valence electrons. The van der Waals surface area contributed by atoms with Crippen molar-refractivity contribution in [3.63, 3.8) is 0 Å². The number of hydrogen-bond acceptors (Lipinski definition) is 3. The first-order valence-corrected chi connectivity index (χ1v) is 8.66. The maximum Gasteiger partial charge on any atom is 0.272 e. The summed E-state index contributed by atoms with van der Waals surface area (Å²) in [7, 11) is 0. The molecule has 5 nitrogen and oxygen atoms in total. The first kappa shape index (κ1) is 18.8. The van der Waals surface area contributed by atoms with E-state index in [-0.39, 0.29) is 5.70 Å². The number of amides is 2. The van der Waals surface area contributed by atoms with Crippen molar-refractivity contribution in [3.05, 3.63) is 94.0 Å². The highest BCUT2D eigenvalue weighted by atomic mass is 35.5. The lowest BCUT2D eigenvalue weighted by molar-refractivity contribution is -0.113. The van der Waals surface area contributed by atoms with E-state index in [0.717, 1.165) is 0 Å². The third-order valence-corrected chi connectivity index (χ3v) is 4.13. The average Bonchev–Trinajstić information content (AvgIpc) is 3.16. The van der Waals surface area contributed by atoms with Gasteiger partial charge in [-0.15, -0.1) is 0 Å². The fraction of sp³-hybridized carbons (Fsp3) is 0. The molecule has 0 radical (unpaired) electrons. The molecule has 27 heavy (non-hydrogen) atoms. The highest BCUT2D eigenvalue weighted by Gasteiger charge is 2.16. The summed E-state index contributed by atoms with van der Waals surface area (Å²) >= 11 is 11.9. The van der Waals surface area contributed by atoms with E-state index in [2.05, 4.69) is 10.6 Å². The zero-order valence-corrected chi connectivity index (χ0v) is 15.4. The normalized spacial score (nSPS) is 11.1. The van der Waals surface area contributed by atoms with Gasteiger partial charge in [0.1, 0.15) is 11.5 Å². The van der Waals surface area contributed by atoms with Crippen LogP contribution in [-0.4, -0.2) is 11.8 Å². The largest absolute Gasteiger partial charge is 0.465 e. The van der Waals surface area contributed by atoms with Crippen LogP contribution in [0.1, 0.15) is 16.1 Å². The number of rotatable bonds is 5. The first-order chi connectivity index (χ1) is 13.0. The van der Waals surface area contributed by atoms with Crippen molar-refractivity contribution in [3.8, 4) is 0 Å². The number of furan rings is 1. The van der Waals surface area contributed by atoms with Crippen LogP contribution in [0, 0.1) is 0 Å². The Bertz CT molecular complexity index is 981. The van der Waals surface area contributed by atoms with Gasteiger partial charge < -0.3 is 15.1 Å². The molecule has 0 saturated heterocycles. The lowest BCUT2D eigenvalue weighted by Crippen LogP contribution is -2.30. The van der Waals surface area contributed by atoms with Crippen LogP contribution in [0.2, 0.25) is 10.0 Å². The molecule has 3 rings (SSSR count). The van der Waals surface area contributed by atoms with E-state index in [1.807, 2.05) is 0 Å². The van der Waals surface area contributed by atoms with Gasteiger partial charge in [0.05, 0.1) is 17.0 Å². The summed E-state index contributed by atoms with van der Waals surface area (Å²) in [5.41, 5.74) is 0.787. The predicted molar refractivity (Wildman–Crippen MR) is 106 cm³/mol. The Labute approximate surface area is 165 Å². The molecule has 0 aliphatic rings. The Hall–Kier alpha value is -3.02. The van der Waals surface area contributed by atoms with E-state index < -0.39 is 11.8 Å². The highest BCUT2D eigenvalue weighted by molar-refractivity contribution is 6.34. The predicted octanol–water partition coefficient (Wildman–Crippen LogP) is 5.00. The summed E-state index contributed by atoms with van der Waals surface area (Å²) in [5.74, 6) is -0.587. The quantitative estimate of drug-likeness (QED) is 0.592. The fourth-order valence-electron chi connectivity index (χ4n) is 2.22. The molecule has 7 heteroatoms. The van der Waals surface area contributed by atoms with E-state index in [1.54, 1.807) is 60.7 Å². The summed E-state index contributed by atoms with van der Waals surface area (Å²) in [5, 5.41) is 6.16. The fourth-order valence-corrected chi connectivity index (χ4v) is 2.53. The molecule has 0 fully saturated rings. The van der Waals surface area contributed by atoms with Gasteiger partial charge in [0.15, 0.2) is 0 Å². The Morgan fingerprint density at radius 1 is 0.926 bits per heavy atom. The number of para-hydroxylation sites is 1. The molecule has 2 N–H and O–H groups in total. The minimum absolute atomic E-state index is 0.00446. The maximum absolute atomic E-state index is 12.7. The number of carbonyl (C=O) groups excluding carboxylic acids is 2. The SMILES string of the molecule is O=C(Nc1ccccc1Cl)/C(=C\c1ccco1)NC(=O)c1ccc(Cl)cc1. The number of carbonyl (C=O) groups is 2. The standard InChI is InChI=1S/C20H14Cl2N2O3/c21-14-9-7-13(8-10-14)19(25)24-18(12-15-4-3-11-27-15)20(26)23-17-6-2-1-5-16(17)22/h1-12H,(H,23,26)(H,24,25)/b18-12+. The lowest BCUT2D eigenvalue weighted by Gasteiger charge is -2.11. The van der Waals surface area contributed by atoms with Crippen LogP contribution in [0.3, 0.4) is 0 Å². The van der Waals surface area contributed by atoms with Gasteiger partial charge in [-0.05, 0) is 48.5 Å². The third kappa shape index (κ3) is 5.00. The smallest absolute Gasteiger partial charge is 0.272 e. The van der Waals surface area contributed by atoms with Crippen molar-refractivity contribution in [1.29, 1.82) is 0 Å².